The molecule has 3 nitrogen and oxygen atoms in total. The average molecular weight is 418 g/mol. The molecule has 3 rings (SSSR count). The van der Waals surface area contributed by atoms with Gasteiger partial charge in [0.15, 0.2) is 0 Å². The Kier molecular flexibility index (Phi) is 7.12. The first-order chi connectivity index (χ1) is 12.7. The van der Waals surface area contributed by atoms with Gasteiger partial charge in [-0.1, -0.05) is 43.3 Å². The van der Waals surface area contributed by atoms with Gasteiger partial charge in [0.05, 0.1) is 17.2 Å². The van der Waals surface area contributed by atoms with Crippen LogP contribution in [0.1, 0.15) is 30.9 Å². The summed E-state index contributed by atoms with van der Waals surface area (Å²) in [5, 5.41) is 10.5. The summed E-state index contributed by atoms with van der Waals surface area (Å²) in [7, 11) is 0. The van der Waals surface area contributed by atoms with Crippen molar-refractivity contribution in [2.75, 3.05) is 19.7 Å². The van der Waals surface area contributed by atoms with E-state index in [0.29, 0.717) is 0 Å². The van der Waals surface area contributed by atoms with E-state index in [0.717, 1.165) is 55.7 Å². The van der Waals surface area contributed by atoms with Gasteiger partial charge in [0.25, 0.3) is 0 Å². The van der Waals surface area contributed by atoms with Gasteiger partial charge in [0.2, 0.25) is 0 Å². The molecule has 1 aliphatic rings. The highest BCUT2D eigenvalue weighted by molar-refractivity contribution is 9.10. The Labute approximate surface area is 165 Å². The molecule has 0 amide bonds. The molecule has 0 spiro atoms. The zero-order chi connectivity index (χ0) is 18.4. The Morgan fingerprint density at radius 3 is 2.69 bits per heavy atom. The predicted molar refractivity (Wildman–Crippen MR) is 109 cm³/mol. The van der Waals surface area contributed by atoms with Gasteiger partial charge in [0.1, 0.15) is 5.75 Å². The van der Waals surface area contributed by atoms with Crippen molar-refractivity contribution in [3.05, 3.63) is 64.1 Å². The molecule has 1 N–H and O–H groups in total. The summed E-state index contributed by atoms with van der Waals surface area (Å²) in [6, 6.07) is 16.9. The molecule has 2 atom stereocenters. The zero-order valence-electron chi connectivity index (χ0n) is 15.4. The fraction of sp³-hybridized carbons (Fsp3) is 0.455. The van der Waals surface area contributed by atoms with Gasteiger partial charge in [-0.3, -0.25) is 4.90 Å². The van der Waals surface area contributed by atoms with Crippen molar-refractivity contribution >= 4 is 15.9 Å². The number of halogens is 1. The molecular weight excluding hydrogens is 390 g/mol. The first-order valence-corrected chi connectivity index (χ1v) is 10.3. The van der Waals surface area contributed by atoms with Crippen LogP contribution in [0.2, 0.25) is 0 Å². The highest BCUT2D eigenvalue weighted by Gasteiger charge is 2.28. The SMILES string of the molecule is CCCOc1ccc(CC2CN(Cc3ccccc3)CCC2O)cc1Br. The Balaban J connectivity index is 1.61. The lowest BCUT2D eigenvalue weighted by atomic mass is 9.88. The lowest BCUT2D eigenvalue weighted by molar-refractivity contribution is 0.0239. The molecule has 1 fully saturated rings. The van der Waals surface area contributed by atoms with Crippen molar-refractivity contribution in [2.45, 2.75) is 38.8 Å². The number of piperidine rings is 1. The highest BCUT2D eigenvalue weighted by atomic mass is 79.9. The Morgan fingerprint density at radius 2 is 1.96 bits per heavy atom. The molecule has 26 heavy (non-hydrogen) atoms. The van der Waals surface area contributed by atoms with Crippen LogP contribution in [-0.4, -0.2) is 35.8 Å². The van der Waals surface area contributed by atoms with Crippen LogP contribution in [-0.2, 0) is 13.0 Å². The molecule has 1 heterocycles. The minimum Gasteiger partial charge on any atom is -0.492 e. The number of hydrogen-bond acceptors (Lipinski definition) is 3. The molecule has 2 unspecified atom stereocenters. The molecule has 0 bridgehead atoms. The minimum absolute atomic E-state index is 0.225. The summed E-state index contributed by atoms with van der Waals surface area (Å²) >= 11 is 3.62. The smallest absolute Gasteiger partial charge is 0.133 e. The maximum absolute atomic E-state index is 10.5. The molecule has 0 aromatic heterocycles. The number of likely N-dealkylation sites (tertiary alicyclic amines) is 1. The fourth-order valence-corrected chi connectivity index (χ4v) is 4.12. The van der Waals surface area contributed by atoms with Crippen molar-refractivity contribution in [1.82, 2.24) is 4.90 Å². The molecule has 0 radical (unpaired) electrons. The third-order valence-corrected chi connectivity index (χ3v) is 5.60. The zero-order valence-corrected chi connectivity index (χ0v) is 17.0. The van der Waals surface area contributed by atoms with Gasteiger partial charge in [-0.15, -0.1) is 0 Å². The first kappa shape index (κ1) is 19.4. The number of rotatable bonds is 7. The lowest BCUT2D eigenvalue weighted by Crippen LogP contribution is -2.43. The van der Waals surface area contributed by atoms with E-state index in [2.05, 4.69) is 70.2 Å². The second-order valence-electron chi connectivity index (χ2n) is 7.15. The summed E-state index contributed by atoms with van der Waals surface area (Å²) in [6.07, 6.45) is 2.51. The normalized spacial score (nSPS) is 20.9. The third-order valence-electron chi connectivity index (χ3n) is 4.98. The second-order valence-corrected chi connectivity index (χ2v) is 8.01. The number of nitrogens with zero attached hydrogens (tertiary/aromatic N) is 1. The minimum atomic E-state index is -0.225. The van der Waals surface area contributed by atoms with Crippen LogP contribution >= 0.6 is 15.9 Å². The van der Waals surface area contributed by atoms with Crippen LogP contribution in [0.4, 0.5) is 0 Å². The fourth-order valence-electron chi connectivity index (χ4n) is 3.58. The van der Waals surface area contributed by atoms with Gasteiger partial charge >= 0.3 is 0 Å². The van der Waals surface area contributed by atoms with Crippen molar-refractivity contribution in [2.24, 2.45) is 5.92 Å². The van der Waals surface area contributed by atoms with Gasteiger partial charge in [-0.2, -0.15) is 0 Å². The van der Waals surface area contributed by atoms with Crippen molar-refractivity contribution in [3.63, 3.8) is 0 Å². The molecular formula is C22H28BrNO2. The molecule has 1 saturated heterocycles. The van der Waals surface area contributed by atoms with Crippen LogP contribution in [0, 0.1) is 5.92 Å². The lowest BCUT2D eigenvalue weighted by Gasteiger charge is -2.36. The molecule has 2 aromatic rings. The largest absolute Gasteiger partial charge is 0.492 e. The summed E-state index contributed by atoms with van der Waals surface area (Å²) in [5.41, 5.74) is 2.58. The standard InChI is InChI=1S/C22H28BrNO2/c1-2-12-26-22-9-8-18(14-20(22)23)13-19-16-24(11-10-21(19)25)15-17-6-4-3-5-7-17/h3-9,14,19,21,25H,2,10-13,15-16H2,1H3. The number of aliphatic hydroxyl groups is 1. The van der Waals surface area contributed by atoms with Crippen LogP contribution in [0.5, 0.6) is 5.75 Å². The maximum Gasteiger partial charge on any atom is 0.133 e. The Hall–Kier alpha value is -1.36. The molecule has 0 aliphatic carbocycles. The van der Waals surface area contributed by atoms with Crippen LogP contribution < -0.4 is 4.74 Å². The summed E-state index contributed by atoms with van der Waals surface area (Å²) in [5.74, 6) is 1.16. The summed E-state index contributed by atoms with van der Waals surface area (Å²) in [6.45, 7) is 5.68. The average Bonchev–Trinajstić information content (AvgIpc) is 2.65. The monoisotopic (exact) mass is 417 g/mol. The number of aliphatic hydroxyl groups excluding tert-OH is 1. The van der Waals surface area contributed by atoms with Gasteiger partial charge < -0.3 is 9.84 Å². The first-order valence-electron chi connectivity index (χ1n) is 9.51. The van der Waals surface area contributed by atoms with Crippen molar-refractivity contribution in [1.29, 1.82) is 0 Å². The van der Waals surface area contributed by atoms with Crippen LogP contribution in [0.15, 0.2) is 53.0 Å². The maximum atomic E-state index is 10.5. The van der Waals surface area contributed by atoms with Gasteiger partial charge in [-0.05, 0) is 58.5 Å². The van der Waals surface area contributed by atoms with Gasteiger partial charge in [-0.25, -0.2) is 0 Å². The van der Waals surface area contributed by atoms with E-state index in [4.69, 9.17) is 4.74 Å². The van der Waals surface area contributed by atoms with E-state index in [1.54, 1.807) is 0 Å². The van der Waals surface area contributed by atoms with E-state index in [1.807, 2.05) is 6.07 Å². The highest BCUT2D eigenvalue weighted by Crippen LogP contribution is 2.29. The molecule has 1 aliphatic heterocycles. The molecule has 2 aromatic carbocycles. The predicted octanol–water partition coefficient (Wildman–Crippen LogP) is 4.66. The van der Waals surface area contributed by atoms with E-state index in [9.17, 15) is 5.11 Å². The molecule has 4 heteroatoms. The second kappa shape index (κ2) is 9.54. The quantitative estimate of drug-likeness (QED) is 0.710. The third kappa shape index (κ3) is 5.32. The van der Waals surface area contributed by atoms with E-state index in [-0.39, 0.29) is 12.0 Å². The summed E-state index contributed by atoms with van der Waals surface area (Å²) < 4.78 is 6.73. The van der Waals surface area contributed by atoms with E-state index in [1.165, 1.54) is 11.1 Å². The Bertz CT molecular complexity index is 692. The van der Waals surface area contributed by atoms with Crippen LogP contribution in [0.25, 0.3) is 0 Å². The number of hydrogen-bond donors (Lipinski definition) is 1. The molecule has 0 saturated carbocycles. The molecule has 140 valence electrons. The number of ether oxygens (including phenoxy) is 1. The van der Waals surface area contributed by atoms with Crippen molar-refractivity contribution in [3.8, 4) is 5.75 Å². The van der Waals surface area contributed by atoms with Gasteiger partial charge in [0, 0.05) is 25.6 Å². The Morgan fingerprint density at radius 1 is 1.15 bits per heavy atom. The topological polar surface area (TPSA) is 32.7 Å². The summed E-state index contributed by atoms with van der Waals surface area (Å²) in [4.78, 5) is 2.46. The number of benzene rings is 2. The van der Waals surface area contributed by atoms with Crippen molar-refractivity contribution < 1.29 is 9.84 Å². The van der Waals surface area contributed by atoms with E-state index >= 15 is 0 Å². The van der Waals surface area contributed by atoms with E-state index < -0.39 is 0 Å². The van der Waals surface area contributed by atoms with Crippen LogP contribution in [0.3, 0.4) is 0 Å².